The van der Waals surface area contributed by atoms with Crippen LogP contribution in [0.5, 0.6) is 5.75 Å². The Bertz CT molecular complexity index is 431. The number of ether oxygens (including phenoxy) is 2. The molecule has 0 spiro atoms. The summed E-state index contributed by atoms with van der Waals surface area (Å²) in [6, 6.07) is 6.63. The normalized spacial score (nSPS) is 11.5. The molecule has 5 nitrogen and oxygen atoms in total. The molecule has 0 radical (unpaired) electrons. The topological polar surface area (TPSA) is 64.6 Å². The fourth-order valence-electron chi connectivity index (χ4n) is 1.67. The predicted molar refractivity (Wildman–Crippen MR) is 66.3 cm³/mol. The van der Waals surface area contributed by atoms with Crippen molar-refractivity contribution < 1.29 is 19.1 Å². The van der Waals surface area contributed by atoms with E-state index in [0.717, 1.165) is 5.56 Å². The van der Waals surface area contributed by atoms with E-state index >= 15 is 0 Å². The van der Waals surface area contributed by atoms with Crippen molar-refractivity contribution in [2.75, 3.05) is 14.2 Å². The quantitative estimate of drug-likeness (QED) is 0.790. The van der Waals surface area contributed by atoms with Crippen molar-refractivity contribution in [3.05, 3.63) is 29.8 Å². The number of hydrogen-bond donors (Lipinski definition) is 1. The van der Waals surface area contributed by atoms with Crippen LogP contribution in [0.15, 0.2) is 24.3 Å². The van der Waals surface area contributed by atoms with E-state index in [4.69, 9.17) is 4.74 Å². The van der Waals surface area contributed by atoms with Crippen LogP contribution in [-0.4, -0.2) is 32.1 Å². The molecule has 1 aromatic carbocycles. The number of hydrogen-bond acceptors (Lipinski definition) is 4. The van der Waals surface area contributed by atoms with Crippen molar-refractivity contribution in [2.45, 2.75) is 19.4 Å². The summed E-state index contributed by atoms with van der Waals surface area (Å²) in [4.78, 5) is 22.6. The number of amides is 1. The zero-order valence-corrected chi connectivity index (χ0v) is 10.7. The second-order valence-electron chi connectivity index (χ2n) is 3.79. The van der Waals surface area contributed by atoms with Crippen molar-refractivity contribution in [3.63, 3.8) is 0 Å². The molecular weight excluding hydrogens is 234 g/mol. The van der Waals surface area contributed by atoms with E-state index < -0.39 is 12.0 Å². The number of methoxy groups -OCH3 is 2. The van der Waals surface area contributed by atoms with Gasteiger partial charge in [-0.25, -0.2) is 4.79 Å². The van der Waals surface area contributed by atoms with Gasteiger partial charge in [0, 0.05) is 13.3 Å². The third kappa shape index (κ3) is 3.76. The molecule has 0 aromatic heterocycles. The molecule has 1 N–H and O–H groups in total. The highest BCUT2D eigenvalue weighted by Crippen LogP contribution is 2.19. The van der Waals surface area contributed by atoms with Crippen molar-refractivity contribution in [1.29, 1.82) is 0 Å². The summed E-state index contributed by atoms with van der Waals surface area (Å²) < 4.78 is 9.86. The fraction of sp³-hybridized carbons (Fsp3) is 0.385. The molecule has 0 aliphatic rings. The Kier molecular flexibility index (Phi) is 5.17. The predicted octanol–water partition coefficient (Wildman–Crippen LogP) is 0.915. The van der Waals surface area contributed by atoms with Crippen LogP contribution in [0.2, 0.25) is 0 Å². The van der Waals surface area contributed by atoms with Gasteiger partial charge >= 0.3 is 5.97 Å². The lowest BCUT2D eigenvalue weighted by molar-refractivity contribution is -0.144. The summed E-state index contributed by atoms with van der Waals surface area (Å²) in [5.41, 5.74) is 0.837. The summed E-state index contributed by atoms with van der Waals surface area (Å²) in [6.45, 7) is 1.36. The third-order valence-corrected chi connectivity index (χ3v) is 2.48. The maximum atomic E-state index is 11.6. The molecule has 0 aliphatic carbocycles. The van der Waals surface area contributed by atoms with Crippen LogP contribution in [0.1, 0.15) is 12.5 Å². The third-order valence-electron chi connectivity index (χ3n) is 2.48. The van der Waals surface area contributed by atoms with Crippen molar-refractivity contribution in [2.24, 2.45) is 0 Å². The van der Waals surface area contributed by atoms with Crippen molar-refractivity contribution in [3.8, 4) is 5.75 Å². The van der Waals surface area contributed by atoms with Gasteiger partial charge in [0.05, 0.1) is 14.2 Å². The second-order valence-corrected chi connectivity index (χ2v) is 3.79. The highest BCUT2D eigenvalue weighted by atomic mass is 16.5. The Morgan fingerprint density at radius 3 is 2.50 bits per heavy atom. The highest BCUT2D eigenvalue weighted by molar-refractivity contribution is 5.83. The first-order chi connectivity index (χ1) is 8.58. The summed E-state index contributed by atoms with van der Waals surface area (Å²) in [7, 11) is 2.85. The van der Waals surface area contributed by atoms with E-state index in [-0.39, 0.29) is 5.91 Å². The van der Waals surface area contributed by atoms with Crippen LogP contribution in [0.3, 0.4) is 0 Å². The zero-order chi connectivity index (χ0) is 13.5. The van der Waals surface area contributed by atoms with Crippen LogP contribution in [0.25, 0.3) is 0 Å². The first-order valence-corrected chi connectivity index (χ1v) is 5.55. The number of esters is 1. The lowest BCUT2D eigenvalue weighted by Crippen LogP contribution is -2.42. The molecule has 0 unspecified atom stereocenters. The minimum Gasteiger partial charge on any atom is -0.496 e. The van der Waals surface area contributed by atoms with Gasteiger partial charge in [-0.15, -0.1) is 0 Å². The van der Waals surface area contributed by atoms with Crippen molar-refractivity contribution >= 4 is 11.9 Å². The molecule has 0 aliphatic heterocycles. The molecule has 1 atom stereocenters. The van der Waals surface area contributed by atoms with Gasteiger partial charge < -0.3 is 14.8 Å². The Balaban J connectivity index is 2.88. The number of benzene rings is 1. The average Bonchev–Trinajstić information content (AvgIpc) is 2.37. The lowest BCUT2D eigenvalue weighted by Gasteiger charge is -2.16. The Hall–Kier alpha value is -2.04. The number of rotatable bonds is 5. The van der Waals surface area contributed by atoms with Gasteiger partial charge in [-0.2, -0.15) is 0 Å². The molecule has 18 heavy (non-hydrogen) atoms. The molecular formula is C13H17NO4. The monoisotopic (exact) mass is 251 g/mol. The van der Waals surface area contributed by atoms with E-state index in [1.807, 2.05) is 18.2 Å². The van der Waals surface area contributed by atoms with Gasteiger partial charge in [0.25, 0.3) is 0 Å². The number of para-hydroxylation sites is 1. The molecule has 5 heteroatoms. The number of nitrogens with one attached hydrogen (secondary N) is 1. The van der Waals surface area contributed by atoms with E-state index in [2.05, 4.69) is 10.1 Å². The van der Waals surface area contributed by atoms with Crippen LogP contribution in [0.4, 0.5) is 0 Å². The maximum absolute atomic E-state index is 11.6. The van der Waals surface area contributed by atoms with Crippen LogP contribution in [0, 0.1) is 0 Å². The van der Waals surface area contributed by atoms with Crippen LogP contribution in [-0.2, 0) is 20.7 Å². The summed E-state index contributed by atoms with van der Waals surface area (Å²) >= 11 is 0. The molecule has 0 bridgehead atoms. The largest absolute Gasteiger partial charge is 0.496 e. The molecule has 98 valence electrons. The van der Waals surface area contributed by atoms with E-state index in [1.165, 1.54) is 14.0 Å². The fourth-order valence-corrected chi connectivity index (χ4v) is 1.67. The molecule has 0 fully saturated rings. The Labute approximate surface area is 106 Å². The standard InChI is InChI=1S/C13H17NO4/c1-9(15)14-11(13(16)18-3)8-10-6-4-5-7-12(10)17-2/h4-7,11H,8H2,1-3H3,(H,14,15)/t11-/m1/s1. The maximum Gasteiger partial charge on any atom is 0.328 e. The Morgan fingerprint density at radius 2 is 1.94 bits per heavy atom. The minimum atomic E-state index is -0.705. The number of carbonyl (C=O) groups is 2. The zero-order valence-electron chi connectivity index (χ0n) is 10.7. The molecule has 0 saturated heterocycles. The molecule has 0 heterocycles. The molecule has 1 rings (SSSR count). The Morgan fingerprint density at radius 1 is 1.28 bits per heavy atom. The lowest BCUT2D eigenvalue weighted by atomic mass is 10.0. The van der Waals surface area contributed by atoms with E-state index in [0.29, 0.717) is 12.2 Å². The molecule has 1 amide bonds. The summed E-state index contributed by atoms with van der Waals surface area (Å²) in [5.74, 6) is -0.0758. The average molecular weight is 251 g/mol. The van der Waals surface area contributed by atoms with Gasteiger partial charge in [0.1, 0.15) is 11.8 Å². The first kappa shape index (κ1) is 14.0. The minimum absolute atomic E-state index is 0.278. The highest BCUT2D eigenvalue weighted by Gasteiger charge is 2.21. The van der Waals surface area contributed by atoms with Crippen LogP contribution >= 0.6 is 0 Å². The first-order valence-electron chi connectivity index (χ1n) is 5.55. The SMILES string of the molecule is COC(=O)[C@@H](Cc1ccccc1OC)NC(C)=O. The number of carbonyl (C=O) groups excluding carboxylic acids is 2. The van der Waals surface area contributed by atoms with Gasteiger partial charge in [-0.05, 0) is 11.6 Å². The second kappa shape index (κ2) is 6.64. The van der Waals surface area contributed by atoms with Gasteiger partial charge in [0.2, 0.25) is 5.91 Å². The van der Waals surface area contributed by atoms with Gasteiger partial charge in [-0.1, -0.05) is 18.2 Å². The van der Waals surface area contributed by atoms with Gasteiger partial charge in [-0.3, -0.25) is 4.79 Å². The summed E-state index contributed by atoms with van der Waals surface area (Å²) in [5, 5.41) is 2.56. The van der Waals surface area contributed by atoms with Crippen molar-refractivity contribution in [1.82, 2.24) is 5.32 Å². The van der Waals surface area contributed by atoms with E-state index in [1.54, 1.807) is 13.2 Å². The smallest absolute Gasteiger partial charge is 0.328 e. The molecule has 0 saturated carbocycles. The van der Waals surface area contributed by atoms with Gasteiger partial charge in [0.15, 0.2) is 0 Å². The summed E-state index contributed by atoms with van der Waals surface area (Å²) in [6.07, 6.45) is 0.330. The molecule has 1 aromatic rings. The van der Waals surface area contributed by atoms with Crippen LogP contribution < -0.4 is 10.1 Å². The van der Waals surface area contributed by atoms with E-state index in [9.17, 15) is 9.59 Å².